The van der Waals surface area contributed by atoms with Gasteiger partial charge in [0.05, 0.1) is 25.5 Å². The first kappa shape index (κ1) is 30.9. The Labute approximate surface area is 265 Å². The Bertz CT molecular complexity index is 1440. The Morgan fingerprint density at radius 1 is 1.00 bits per heavy atom. The van der Waals surface area contributed by atoms with Crippen molar-refractivity contribution in [2.75, 3.05) is 62.0 Å². The van der Waals surface area contributed by atoms with E-state index in [9.17, 15) is 14.4 Å². The summed E-state index contributed by atoms with van der Waals surface area (Å²) in [4.78, 5) is 55.2. The fraction of sp³-hybridized carbons (Fsp3) is 0.606. The van der Waals surface area contributed by atoms with Gasteiger partial charge in [0, 0.05) is 44.8 Å². The summed E-state index contributed by atoms with van der Waals surface area (Å²) in [7, 11) is 3.34. The smallest absolute Gasteiger partial charge is 0.410 e. The second kappa shape index (κ2) is 12.4. The predicted molar refractivity (Wildman–Crippen MR) is 171 cm³/mol. The van der Waals surface area contributed by atoms with Crippen molar-refractivity contribution in [2.24, 2.45) is 11.8 Å². The average molecular weight is 620 g/mol. The summed E-state index contributed by atoms with van der Waals surface area (Å²) < 4.78 is 11.2. The van der Waals surface area contributed by atoms with Crippen LogP contribution in [0.5, 0.6) is 5.75 Å². The van der Waals surface area contributed by atoms with Crippen LogP contribution in [-0.4, -0.2) is 96.2 Å². The first-order valence-corrected chi connectivity index (χ1v) is 16.1. The Kier molecular flexibility index (Phi) is 8.49. The number of ether oxygens (including phenoxy) is 2. The quantitative estimate of drug-likeness (QED) is 0.492. The monoisotopic (exact) mass is 619 g/mol. The van der Waals surface area contributed by atoms with Crippen LogP contribution in [0, 0.1) is 11.8 Å². The molecule has 1 aliphatic carbocycles. The summed E-state index contributed by atoms with van der Waals surface area (Å²) >= 11 is 0. The van der Waals surface area contributed by atoms with Crippen molar-refractivity contribution in [3.8, 4) is 5.75 Å². The number of carbonyl (C=O) groups excluding carboxylic acids is 3. The van der Waals surface area contributed by atoms with Gasteiger partial charge in [-0.2, -0.15) is 4.98 Å². The molecule has 242 valence electrons. The molecule has 0 unspecified atom stereocenters. The molecule has 45 heavy (non-hydrogen) atoms. The number of rotatable bonds is 6. The van der Waals surface area contributed by atoms with Crippen LogP contribution in [0.15, 0.2) is 24.4 Å². The van der Waals surface area contributed by atoms with Gasteiger partial charge in [0.25, 0.3) is 5.91 Å². The minimum atomic E-state index is -0.495. The number of methoxy groups -OCH3 is 1. The largest absolute Gasteiger partial charge is 0.495 e. The fourth-order valence-corrected chi connectivity index (χ4v) is 6.94. The predicted octanol–water partition coefficient (Wildman–Crippen LogP) is 4.67. The third-order valence-corrected chi connectivity index (χ3v) is 9.58. The summed E-state index contributed by atoms with van der Waals surface area (Å²) in [5.41, 5.74) is 1.43. The van der Waals surface area contributed by atoms with E-state index < -0.39 is 5.60 Å². The maximum atomic E-state index is 13.4. The number of likely N-dealkylation sites (tertiary alicyclic amines) is 2. The van der Waals surface area contributed by atoms with Crippen molar-refractivity contribution in [1.82, 2.24) is 19.8 Å². The number of nitrogens with zero attached hydrogens (tertiary/aromatic N) is 6. The van der Waals surface area contributed by atoms with Crippen LogP contribution in [0.1, 0.15) is 69.7 Å². The number of benzene rings is 1. The number of fused-ring (bicyclic) bond motifs is 1. The fourth-order valence-electron chi connectivity index (χ4n) is 6.94. The molecule has 1 N–H and O–H groups in total. The number of likely N-dealkylation sites (N-methyl/N-ethyl adjacent to an activating group) is 1. The van der Waals surface area contributed by atoms with Crippen LogP contribution in [0.3, 0.4) is 0 Å². The topological polar surface area (TPSA) is 120 Å². The van der Waals surface area contributed by atoms with Gasteiger partial charge in [0.15, 0.2) is 5.82 Å². The minimum Gasteiger partial charge on any atom is -0.495 e. The highest BCUT2D eigenvalue weighted by Crippen LogP contribution is 2.38. The number of nitrogens with one attached hydrogen (secondary N) is 1. The molecule has 12 heteroatoms. The molecule has 0 spiro atoms. The van der Waals surface area contributed by atoms with Crippen LogP contribution in [-0.2, 0) is 9.53 Å². The summed E-state index contributed by atoms with van der Waals surface area (Å²) in [6.45, 7) is 8.78. The van der Waals surface area contributed by atoms with E-state index in [4.69, 9.17) is 14.5 Å². The lowest BCUT2D eigenvalue weighted by Gasteiger charge is -2.46. The van der Waals surface area contributed by atoms with Crippen LogP contribution in [0.2, 0.25) is 0 Å². The SMILES string of the molecule is COc1cc(C(=O)N2CC(C3CCN(C(=O)OC(C)(C)C)CC3)C2)ccc1Nc1ncc2c(n1)N(C1CCCC1)CC(=O)N2C. The molecular formula is C33H45N7O5. The first-order valence-electron chi connectivity index (χ1n) is 16.1. The van der Waals surface area contributed by atoms with Gasteiger partial charge < -0.3 is 34.4 Å². The normalized spacial score (nSPS) is 19.8. The standard InChI is InChI=1S/C33H45N7O5/c1-33(2,3)45-32(43)38-14-12-21(13-15-38)23-18-39(19-23)30(42)22-10-11-25(27(16-22)44-5)35-31-34-17-26-29(36-31)40(20-28(41)37(26)4)24-8-6-7-9-24/h10-11,16-17,21,23-24H,6-9,12-15,18-20H2,1-5H3,(H,34,35,36). The van der Waals surface area contributed by atoms with Gasteiger partial charge in [-0.25, -0.2) is 9.78 Å². The van der Waals surface area contributed by atoms with Crippen molar-refractivity contribution in [3.63, 3.8) is 0 Å². The molecule has 12 nitrogen and oxygen atoms in total. The lowest BCUT2D eigenvalue weighted by atomic mass is 9.79. The Hall–Kier alpha value is -4.09. The molecule has 1 saturated carbocycles. The van der Waals surface area contributed by atoms with Crippen LogP contribution in [0.25, 0.3) is 0 Å². The summed E-state index contributed by atoms with van der Waals surface area (Å²) in [6, 6.07) is 5.68. The lowest BCUT2D eigenvalue weighted by Crippen LogP contribution is -2.54. The number of hydrogen-bond acceptors (Lipinski definition) is 9. The van der Waals surface area contributed by atoms with E-state index in [1.165, 1.54) is 0 Å². The van der Waals surface area contributed by atoms with E-state index in [-0.39, 0.29) is 17.9 Å². The molecule has 1 aromatic heterocycles. The number of aromatic nitrogens is 2. The number of hydrogen-bond donors (Lipinski definition) is 1. The van der Waals surface area contributed by atoms with Crippen molar-refractivity contribution in [2.45, 2.75) is 70.9 Å². The molecule has 0 atom stereocenters. The lowest BCUT2D eigenvalue weighted by molar-refractivity contribution is -0.117. The molecule has 6 rings (SSSR count). The van der Waals surface area contributed by atoms with E-state index >= 15 is 0 Å². The molecule has 4 aliphatic rings. The Morgan fingerprint density at radius 3 is 2.38 bits per heavy atom. The number of carbonyl (C=O) groups is 3. The summed E-state index contributed by atoms with van der Waals surface area (Å²) in [6.07, 6.45) is 7.72. The van der Waals surface area contributed by atoms with Crippen LogP contribution < -0.4 is 19.9 Å². The summed E-state index contributed by atoms with van der Waals surface area (Å²) in [5.74, 6) is 2.64. The second-order valence-electron chi connectivity index (χ2n) is 13.7. The molecule has 1 aromatic carbocycles. The minimum absolute atomic E-state index is 0.0211. The maximum Gasteiger partial charge on any atom is 0.410 e. The van der Waals surface area contributed by atoms with Gasteiger partial charge in [-0.3, -0.25) is 9.59 Å². The highest BCUT2D eigenvalue weighted by Gasteiger charge is 2.39. The molecule has 0 radical (unpaired) electrons. The zero-order chi connectivity index (χ0) is 31.9. The van der Waals surface area contributed by atoms with E-state index in [1.807, 2.05) is 31.7 Å². The third kappa shape index (κ3) is 6.50. The molecule has 2 aromatic rings. The third-order valence-electron chi connectivity index (χ3n) is 9.58. The second-order valence-corrected chi connectivity index (χ2v) is 13.7. The molecule has 3 fully saturated rings. The Morgan fingerprint density at radius 2 is 1.71 bits per heavy atom. The van der Waals surface area contributed by atoms with Crippen molar-refractivity contribution >= 4 is 41.0 Å². The highest BCUT2D eigenvalue weighted by atomic mass is 16.6. The van der Waals surface area contributed by atoms with E-state index in [0.717, 1.165) is 57.4 Å². The first-order chi connectivity index (χ1) is 21.5. The van der Waals surface area contributed by atoms with Gasteiger partial charge in [0.2, 0.25) is 11.9 Å². The Balaban J connectivity index is 1.07. The van der Waals surface area contributed by atoms with Crippen LogP contribution >= 0.6 is 0 Å². The maximum absolute atomic E-state index is 13.4. The average Bonchev–Trinajstić information content (AvgIpc) is 3.53. The molecule has 3 amide bonds. The zero-order valence-electron chi connectivity index (χ0n) is 27.0. The number of anilines is 4. The van der Waals surface area contributed by atoms with E-state index in [2.05, 4.69) is 15.2 Å². The summed E-state index contributed by atoms with van der Waals surface area (Å²) in [5, 5.41) is 3.27. The van der Waals surface area contributed by atoms with E-state index in [1.54, 1.807) is 42.3 Å². The van der Waals surface area contributed by atoms with Crippen molar-refractivity contribution < 1.29 is 23.9 Å². The van der Waals surface area contributed by atoms with Crippen molar-refractivity contribution in [3.05, 3.63) is 30.0 Å². The van der Waals surface area contributed by atoms with Crippen molar-refractivity contribution in [1.29, 1.82) is 0 Å². The van der Waals surface area contributed by atoms with Crippen LogP contribution in [0.4, 0.5) is 27.9 Å². The van der Waals surface area contributed by atoms with Gasteiger partial charge in [0.1, 0.15) is 17.0 Å². The van der Waals surface area contributed by atoms with Gasteiger partial charge in [-0.15, -0.1) is 0 Å². The van der Waals surface area contributed by atoms with E-state index in [0.29, 0.717) is 66.1 Å². The zero-order valence-corrected chi connectivity index (χ0v) is 27.0. The molecule has 0 bridgehead atoms. The molecule has 2 saturated heterocycles. The van der Waals surface area contributed by atoms with Gasteiger partial charge in [-0.05, 0) is 76.5 Å². The number of amides is 3. The highest BCUT2D eigenvalue weighted by molar-refractivity contribution is 6.02. The van der Waals surface area contributed by atoms with Gasteiger partial charge >= 0.3 is 6.09 Å². The number of piperidine rings is 1. The molecular weight excluding hydrogens is 574 g/mol. The molecule has 3 aliphatic heterocycles. The van der Waals surface area contributed by atoms with Gasteiger partial charge in [-0.1, -0.05) is 12.8 Å². The molecule has 4 heterocycles.